The van der Waals surface area contributed by atoms with Crippen LogP contribution < -0.4 is 10.5 Å². The Morgan fingerprint density at radius 3 is 2.90 bits per heavy atom. The first-order chi connectivity index (χ1) is 10.0. The van der Waals surface area contributed by atoms with E-state index in [0.717, 1.165) is 5.56 Å². The second-order valence-electron chi connectivity index (χ2n) is 5.28. The third-order valence-electron chi connectivity index (χ3n) is 3.84. The summed E-state index contributed by atoms with van der Waals surface area (Å²) in [5, 5.41) is 0.595. The molecule has 0 saturated carbocycles. The predicted octanol–water partition coefficient (Wildman–Crippen LogP) is 1.45. The van der Waals surface area contributed by atoms with Crippen LogP contribution in [-0.4, -0.2) is 36.4 Å². The zero-order valence-corrected chi connectivity index (χ0v) is 12.1. The van der Waals surface area contributed by atoms with Gasteiger partial charge in [-0.3, -0.25) is 9.59 Å². The largest absolute Gasteiger partial charge is 0.488 e. The molecule has 2 heterocycles. The van der Waals surface area contributed by atoms with E-state index >= 15 is 0 Å². The first-order valence-corrected chi connectivity index (χ1v) is 7.14. The minimum absolute atomic E-state index is 0.107. The topological polar surface area (TPSA) is 72.6 Å². The van der Waals surface area contributed by atoms with Crippen molar-refractivity contribution in [1.82, 2.24) is 4.90 Å². The predicted molar refractivity (Wildman–Crippen MR) is 78.8 cm³/mol. The van der Waals surface area contributed by atoms with Gasteiger partial charge in [-0.05, 0) is 30.7 Å². The average molecular weight is 307 g/mol. The van der Waals surface area contributed by atoms with E-state index in [-0.39, 0.29) is 24.3 Å². The molecule has 2 amide bonds. The van der Waals surface area contributed by atoms with E-state index in [4.69, 9.17) is 22.1 Å². The third kappa shape index (κ3) is 2.74. The summed E-state index contributed by atoms with van der Waals surface area (Å²) in [6.07, 6.45) is 2.42. The number of primary amides is 1. The number of carbonyl (C=O) groups is 2. The van der Waals surface area contributed by atoms with Crippen molar-refractivity contribution in [2.45, 2.75) is 6.42 Å². The minimum atomic E-state index is -0.351. The number of ether oxygens (including phenoxy) is 1. The molecule has 0 spiro atoms. The fourth-order valence-corrected chi connectivity index (χ4v) is 2.83. The molecule has 1 fully saturated rings. The number of halogens is 1. The van der Waals surface area contributed by atoms with Gasteiger partial charge in [0.1, 0.15) is 12.4 Å². The van der Waals surface area contributed by atoms with Crippen LogP contribution in [0.25, 0.3) is 6.08 Å². The van der Waals surface area contributed by atoms with Crippen molar-refractivity contribution in [1.29, 1.82) is 0 Å². The van der Waals surface area contributed by atoms with E-state index in [1.54, 1.807) is 29.2 Å². The molecule has 0 aromatic heterocycles. The van der Waals surface area contributed by atoms with Gasteiger partial charge in [-0.15, -0.1) is 0 Å². The fraction of sp³-hybridized carbons (Fsp3) is 0.333. The molecule has 0 bridgehead atoms. The Morgan fingerprint density at radius 2 is 2.19 bits per heavy atom. The second kappa shape index (κ2) is 5.41. The summed E-state index contributed by atoms with van der Waals surface area (Å²) in [6.45, 7) is 1.16. The maximum atomic E-state index is 12.5. The van der Waals surface area contributed by atoms with Crippen molar-refractivity contribution in [2.24, 2.45) is 11.7 Å². The third-order valence-corrected chi connectivity index (χ3v) is 4.07. The van der Waals surface area contributed by atoms with Crippen LogP contribution in [0.3, 0.4) is 0 Å². The number of hydrogen-bond acceptors (Lipinski definition) is 3. The van der Waals surface area contributed by atoms with Gasteiger partial charge in [0.2, 0.25) is 5.91 Å². The van der Waals surface area contributed by atoms with Crippen LogP contribution in [0.1, 0.15) is 12.0 Å². The van der Waals surface area contributed by atoms with Crippen LogP contribution in [0.15, 0.2) is 23.8 Å². The van der Waals surface area contributed by atoms with Crippen molar-refractivity contribution in [2.75, 3.05) is 19.7 Å². The lowest BCUT2D eigenvalue weighted by atomic mass is 10.1. The number of rotatable bonds is 2. The van der Waals surface area contributed by atoms with Crippen LogP contribution in [0.4, 0.5) is 0 Å². The molecule has 3 rings (SSSR count). The average Bonchev–Trinajstić information content (AvgIpc) is 2.95. The Labute approximate surface area is 127 Å². The maximum absolute atomic E-state index is 12.5. The molecule has 2 N–H and O–H groups in total. The van der Waals surface area contributed by atoms with Gasteiger partial charge in [0.25, 0.3) is 5.91 Å². The number of likely N-dealkylation sites (tertiary alicyclic amines) is 1. The van der Waals surface area contributed by atoms with Crippen molar-refractivity contribution >= 4 is 29.5 Å². The normalized spacial score (nSPS) is 20.5. The first kappa shape index (κ1) is 13.9. The Bertz CT molecular complexity index is 642. The smallest absolute Gasteiger partial charge is 0.253 e. The van der Waals surface area contributed by atoms with Crippen molar-refractivity contribution in [3.63, 3.8) is 0 Å². The lowest BCUT2D eigenvalue weighted by Gasteiger charge is -2.22. The van der Waals surface area contributed by atoms with Gasteiger partial charge in [-0.25, -0.2) is 0 Å². The molecule has 1 aromatic rings. The summed E-state index contributed by atoms with van der Waals surface area (Å²) in [6, 6.07) is 5.30. The number of fused-ring (bicyclic) bond motifs is 1. The Balaban J connectivity index is 1.79. The van der Waals surface area contributed by atoms with Crippen molar-refractivity contribution in [3.05, 3.63) is 34.4 Å². The molecule has 2 aliphatic rings. The standard InChI is InChI=1S/C15H15ClN2O3/c16-12-1-2-13-10(6-12)5-11(8-21-13)15(20)18-4-3-9(7-18)14(17)19/h1-2,5-6,9H,3-4,7-8H2,(H2,17,19)/t9-/m0/s1. The van der Waals surface area contributed by atoms with E-state index in [1.165, 1.54) is 0 Å². The van der Waals surface area contributed by atoms with E-state index in [2.05, 4.69) is 0 Å². The molecule has 0 radical (unpaired) electrons. The maximum Gasteiger partial charge on any atom is 0.253 e. The summed E-state index contributed by atoms with van der Waals surface area (Å²) in [5.41, 5.74) is 6.65. The molecule has 21 heavy (non-hydrogen) atoms. The molecular formula is C15H15ClN2O3. The molecule has 2 aliphatic heterocycles. The number of amides is 2. The highest BCUT2D eigenvalue weighted by molar-refractivity contribution is 6.30. The van der Waals surface area contributed by atoms with Gasteiger partial charge in [-0.2, -0.15) is 0 Å². The number of carbonyl (C=O) groups excluding carboxylic acids is 2. The molecule has 1 saturated heterocycles. The monoisotopic (exact) mass is 306 g/mol. The lowest BCUT2D eigenvalue weighted by molar-refractivity contribution is -0.127. The van der Waals surface area contributed by atoms with E-state index in [1.807, 2.05) is 0 Å². The molecule has 6 heteroatoms. The number of hydrogen-bond donors (Lipinski definition) is 1. The van der Waals surface area contributed by atoms with Gasteiger partial charge < -0.3 is 15.4 Å². The minimum Gasteiger partial charge on any atom is -0.488 e. The summed E-state index contributed by atoms with van der Waals surface area (Å²) in [4.78, 5) is 25.3. The Hall–Kier alpha value is -2.01. The highest BCUT2D eigenvalue weighted by atomic mass is 35.5. The molecule has 1 atom stereocenters. The van der Waals surface area contributed by atoms with Gasteiger partial charge >= 0.3 is 0 Å². The zero-order chi connectivity index (χ0) is 15.0. The quantitative estimate of drug-likeness (QED) is 0.899. The summed E-state index contributed by atoms with van der Waals surface area (Å²) in [7, 11) is 0. The van der Waals surface area contributed by atoms with Crippen LogP contribution in [-0.2, 0) is 9.59 Å². The number of nitrogens with zero attached hydrogens (tertiary/aromatic N) is 1. The summed E-state index contributed by atoms with van der Waals surface area (Å²) < 4.78 is 5.58. The van der Waals surface area contributed by atoms with Gasteiger partial charge in [0.05, 0.1) is 11.5 Å². The van der Waals surface area contributed by atoms with Gasteiger partial charge in [0.15, 0.2) is 0 Å². The first-order valence-electron chi connectivity index (χ1n) is 6.76. The molecular weight excluding hydrogens is 292 g/mol. The van der Waals surface area contributed by atoms with Gasteiger partial charge in [0, 0.05) is 23.7 Å². The molecule has 0 unspecified atom stereocenters. The van der Waals surface area contributed by atoms with Gasteiger partial charge in [-0.1, -0.05) is 11.6 Å². The Kier molecular flexibility index (Phi) is 3.59. The zero-order valence-electron chi connectivity index (χ0n) is 11.3. The van der Waals surface area contributed by atoms with Crippen molar-refractivity contribution in [3.8, 4) is 5.75 Å². The van der Waals surface area contributed by atoms with Crippen LogP contribution in [0, 0.1) is 5.92 Å². The van der Waals surface area contributed by atoms with Crippen LogP contribution in [0.5, 0.6) is 5.75 Å². The second-order valence-corrected chi connectivity index (χ2v) is 5.72. The molecule has 0 aliphatic carbocycles. The SMILES string of the molecule is NC(=O)[C@H]1CCN(C(=O)C2=Cc3cc(Cl)ccc3OC2)C1. The summed E-state index contributed by atoms with van der Waals surface area (Å²) in [5.74, 6) is 0.00820. The number of nitrogens with two attached hydrogens (primary N) is 1. The molecule has 1 aromatic carbocycles. The highest BCUT2D eigenvalue weighted by Gasteiger charge is 2.31. The lowest BCUT2D eigenvalue weighted by Crippen LogP contribution is -2.34. The molecule has 110 valence electrons. The highest BCUT2D eigenvalue weighted by Crippen LogP contribution is 2.30. The Morgan fingerprint density at radius 1 is 1.38 bits per heavy atom. The van der Waals surface area contributed by atoms with E-state index in [0.29, 0.717) is 35.9 Å². The summed E-state index contributed by atoms with van der Waals surface area (Å²) >= 11 is 5.95. The fourth-order valence-electron chi connectivity index (χ4n) is 2.65. The van der Waals surface area contributed by atoms with Crippen LogP contribution in [0.2, 0.25) is 5.02 Å². The number of benzene rings is 1. The van der Waals surface area contributed by atoms with E-state index < -0.39 is 0 Å². The van der Waals surface area contributed by atoms with Crippen LogP contribution >= 0.6 is 11.6 Å². The molecule has 5 nitrogen and oxygen atoms in total. The van der Waals surface area contributed by atoms with E-state index in [9.17, 15) is 9.59 Å². The van der Waals surface area contributed by atoms with Crippen molar-refractivity contribution < 1.29 is 14.3 Å².